The Balaban J connectivity index is 1.56. The number of hydrogen-bond acceptors (Lipinski definition) is 6. The molecule has 2 N–H and O–H groups in total. The fourth-order valence-electron chi connectivity index (χ4n) is 3.07. The number of methoxy groups -OCH3 is 1. The molecular formula is C21H27N3O5S. The average Bonchev–Trinajstić information content (AvgIpc) is 2.78. The van der Waals surface area contributed by atoms with E-state index in [1.807, 2.05) is 31.2 Å². The zero-order valence-corrected chi connectivity index (χ0v) is 17.9. The van der Waals surface area contributed by atoms with E-state index in [-0.39, 0.29) is 23.5 Å². The molecule has 1 aliphatic heterocycles. The molecule has 1 saturated heterocycles. The van der Waals surface area contributed by atoms with Gasteiger partial charge in [-0.1, -0.05) is 12.1 Å². The van der Waals surface area contributed by atoms with Crippen molar-refractivity contribution in [3.05, 3.63) is 54.1 Å². The first-order valence-corrected chi connectivity index (χ1v) is 11.2. The Bertz CT molecular complexity index is 957. The number of ether oxygens (including phenoxy) is 2. The Morgan fingerprint density at radius 1 is 1.13 bits per heavy atom. The number of benzene rings is 2. The van der Waals surface area contributed by atoms with E-state index in [0.717, 1.165) is 11.3 Å². The van der Waals surface area contributed by atoms with Crippen LogP contribution in [0.2, 0.25) is 0 Å². The number of sulfonamides is 1. The lowest BCUT2D eigenvalue weighted by Gasteiger charge is -2.26. The molecule has 0 aromatic heterocycles. The second kappa shape index (κ2) is 10.0. The van der Waals surface area contributed by atoms with Crippen LogP contribution in [0.4, 0.5) is 11.4 Å². The molecule has 1 unspecified atom stereocenters. The van der Waals surface area contributed by atoms with E-state index >= 15 is 0 Å². The maximum absolute atomic E-state index is 12.6. The summed E-state index contributed by atoms with van der Waals surface area (Å²) in [5.74, 6) is -0.232. The molecule has 30 heavy (non-hydrogen) atoms. The van der Waals surface area contributed by atoms with Gasteiger partial charge in [-0.05, 0) is 48.9 Å². The molecule has 1 heterocycles. The maximum Gasteiger partial charge on any atom is 0.243 e. The molecule has 162 valence electrons. The number of anilines is 2. The third-order valence-electron chi connectivity index (χ3n) is 4.91. The molecule has 9 heteroatoms. The minimum absolute atomic E-state index is 0.0344. The van der Waals surface area contributed by atoms with Crippen LogP contribution in [0.1, 0.15) is 18.6 Å². The summed E-state index contributed by atoms with van der Waals surface area (Å²) in [4.78, 5) is 12.4. The van der Waals surface area contributed by atoms with E-state index in [1.54, 1.807) is 19.2 Å². The van der Waals surface area contributed by atoms with Crippen molar-refractivity contribution in [2.24, 2.45) is 0 Å². The van der Waals surface area contributed by atoms with Crippen molar-refractivity contribution >= 4 is 27.3 Å². The van der Waals surface area contributed by atoms with Crippen molar-refractivity contribution < 1.29 is 22.7 Å². The third-order valence-corrected chi connectivity index (χ3v) is 6.82. The predicted octanol–water partition coefficient (Wildman–Crippen LogP) is 2.47. The predicted molar refractivity (Wildman–Crippen MR) is 115 cm³/mol. The molecule has 2 aromatic carbocycles. The Labute approximate surface area is 177 Å². The molecular weight excluding hydrogens is 406 g/mol. The van der Waals surface area contributed by atoms with Gasteiger partial charge in [0, 0.05) is 31.6 Å². The van der Waals surface area contributed by atoms with Crippen LogP contribution in [0, 0.1) is 0 Å². The van der Waals surface area contributed by atoms with E-state index in [0.29, 0.717) is 32.0 Å². The van der Waals surface area contributed by atoms with E-state index in [9.17, 15) is 13.2 Å². The highest BCUT2D eigenvalue weighted by Gasteiger charge is 2.26. The Morgan fingerprint density at radius 3 is 2.50 bits per heavy atom. The molecule has 0 saturated carbocycles. The summed E-state index contributed by atoms with van der Waals surface area (Å²) in [5, 5.41) is 5.85. The van der Waals surface area contributed by atoms with E-state index in [1.165, 1.54) is 16.4 Å². The van der Waals surface area contributed by atoms with Gasteiger partial charge in [0.2, 0.25) is 15.9 Å². The van der Waals surface area contributed by atoms with Gasteiger partial charge in [0.25, 0.3) is 0 Å². The Morgan fingerprint density at radius 2 is 1.83 bits per heavy atom. The van der Waals surface area contributed by atoms with Crippen LogP contribution in [-0.4, -0.2) is 58.6 Å². The van der Waals surface area contributed by atoms with Gasteiger partial charge in [0.1, 0.15) is 0 Å². The molecule has 8 nitrogen and oxygen atoms in total. The van der Waals surface area contributed by atoms with Gasteiger partial charge in [-0.25, -0.2) is 8.42 Å². The van der Waals surface area contributed by atoms with Crippen molar-refractivity contribution in [2.75, 3.05) is 50.6 Å². The molecule has 1 amide bonds. The Hall–Kier alpha value is -2.46. The quantitative estimate of drug-likeness (QED) is 0.664. The van der Waals surface area contributed by atoms with Crippen LogP contribution in [-0.2, 0) is 24.3 Å². The van der Waals surface area contributed by atoms with Crippen molar-refractivity contribution in [3.63, 3.8) is 0 Å². The molecule has 3 rings (SSSR count). The minimum Gasteiger partial charge on any atom is -0.379 e. The highest BCUT2D eigenvalue weighted by Crippen LogP contribution is 2.21. The number of rotatable bonds is 8. The van der Waals surface area contributed by atoms with Gasteiger partial charge in [0.15, 0.2) is 0 Å². The van der Waals surface area contributed by atoms with Crippen LogP contribution in [0.15, 0.2) is 53.4 Å². The summed E-state index contributed by atoms with van der Waals surface area (Å²) < 4.78 is 37.2. The summed E-state index contributed by atoms with van der Waals surface area (Å²) in [6.45, 7) is 3.52. The van der Waals surface area contributed by atoms with Crippen LogP contribution in [0.5, 0.6) is 0 Å². The van der Waals surface area contributed by atoms with Gasteiger partial charge < -0.3 is 20.1 Å². The zero-order valence-electron chi connectivity index (χ0n) is 17.1. The van der Waals surface area contributed by atoms with Gasteiger partial charge in [-0.2, -0.15) is 4.31 Å². The third kappa shape index (κ3) is 5.57. The summed E-state index contributed by atoms with van der Waals surface area (Å²) in [7, 11) is -1.90. The second-order valence-electron chi connectivity index (χ2n) is 6.95. The first-order valence-electron chi connectivity index (χ1n) is 9.74. The van der Waals surface area contributed by atoms with Gasteiger partial charge in [-0.3, -0.25) is 4.79 Å². The highest BCUT2D eigenvalue weighted by molar-refractivity contribution is 7.89. The molecule has 2 aromatic rings. The van der Waals surface area contributed by atoms with Crippen LogP contribution < -0.4 is 10.6 Å². The number of nitrogens with zero attached hydrogens (tertiary/aromatic N) is 1. The summed E-state index contributed by atoms with van der Waals surface area (Å²) in [5.41, 5.74) is 2.36. The van der Waals surface area contributed by atoms with Crippen LogP contribution >= 0.6 is 0 Å². The SMILES string of the molecule is COC(C)c1cccc(NCC(=O)Nc2ccc(S(=O)(=O)N3CCOCC3)cc2)c1. The van der Waals surface area contributed by atoms with E-state index in [2.05, 4.69) is 10.6 Å². The lowest BCUT2D eigenvalue weighted by molar-refractivity contribution is -0.114. The van der Waals surface area contributed by atoms with Crippen LogP contribution in [0.3, 0.4) is 0 Å². The number of morpholine rings is 1. The smallest absolute Gasteiger partial charge is 0.243 e. The molecule has 0 aliphatic carbocycles. The normalized spacial score (nSPS) is 16.1. The first kappa shape index (κ1) is 22.2. The average molecular weight is 434 g/mol. The topological polar surface area (TPSA) is 97.0 Å². The van der Waals surface area contributed by atoms with Crippen molar-refractivity contribution in [2.45, 2.75) is 17.9 Å². The standard InChI is InChI=1S/C21H27N3O5S/c1-16(28-2)17-4-3-5-19(14-17)22-15-21(25)23-18-6-8-20(9-7-18)30(26,27)24-10-12-29-13-11-24/h3-9,14,16,22H,10-13,15H2,1-2H3,(H,23,25). The first-order chi connectivity index (χ1) is 14.4. The Kier molecular flexibility index (Phi) is 7.43. The van der Waals surface area contributed by atoms with E-state index in [4.69, 9.17) is 9.47 Å². The van der Waals surface area contributed by atoms with Gasteiger partial charge in [-0.15, -0.1) is 0 Å². The number of carbonyl (C=O) groups excluding carboxylic acids is 1. The largest absolute Gasteiger partial charge is 0.379 e. The minimum atomic E-state index is -3.55. The highest BCUT2D eigenvalue weighted by atomic mass is 32.2. The van der Waals surface area contributed by atoms with Gasteiger partial charge >= 0.3 is 0 Å². The maximum atomic E-state index is 12.6. The summed E-state index contributed by atoms with van der Waals surface area (Å²) >= 11 is 0. The van der Waals surface area contributed by atoms with Crippen LogP contribution in [0.25, 0.3) is 0 Å². The fourth-order valence-corrected chi connectivity index (χ4v) is 4.48. The van der Waals surface area contributed by atoms with E-state index < -0.39 is 10.0 Å². The number of amides is 1. The number of hydrogen-bond donors (Lipinski definition) is 2. The summed E-state index contributed by atoms with van der Waals surface area (Å²) in [6.07, 6.45) is -0.0344. The molecule has 1 aliphatic rings. The zero-order chi connectivity index (χ0) is 21.6. The number of carbonyl (C=O) groups is 1. The van der Waals surface area contributed by atoms with Crippen molar-refractivity contribution in [3.8, 4) is 0 Å². The molecule has 1 fully saturated rings. The molecule has 0 spiro atoms. The van der Waals surface area contributed by atoms with Crippen molar-refractivity contribution in [1.29, 1.82) is 0 Å². The second-order valence-corrected chi connectivity index (χ2v) is 8.88. The fraction of sp³-hybridized carbons (Fsp3) is 0.381. The number of nitrogens with one attached hydrogen (secondary N) is 2. The summed E-state index contributed by atoms with van der Waals surface area (Å²) in [6, 6.07) is 13.9. The lowest BCUT2D eigenvalue weighted by Crippen LogP contribution is -2.40. The lowest BCUT2D eigenvalue weighted by atomic mass is 10.1. The molecule has 0 bridgehead atoms. The molecule has 1 atom stereocenters. The van der Waals surface area contributed by atoms with Crippen molar-refractivity contribution in [1.82, 2.24) is 4.31 Å². The molecule has 0 radical (unpaired) electrons. The monoisotopic (exact) mass is 433 g/mol. The van der Waals surface area contributed by atoms with Gasteiger partial charge in [0.05, 0.1) is 30.8 Å².